The Labute approximate surface area is 91.1 Å². The number of fused-ring (bicyclic) bond motifs is 1. The van der Waals surface area contributed by atoms with E-state index in [4.69, 9.17) is 5.11 Å². The monoisotopic (exact) mass is 247 g/mol. The van der Waals surface area contributed by atoms with Crippen molar-refractivity contribution in [2.45, 2.75) is 6.18 Å². The number of carboxylic acids is 1. The topological polar surface area (TPSA) is 83.6 Å². The van der Waals surface area contributed by atoms with E-state index in [1.165, 1.54) is 0 Å². The van der Waals surface area contributed by atoms with Gasteiger partial charge in [-0.25, -0.2) is 9.78 Å². The van der Waals surface area contributed by atoms with Gasteiger partial charge >= 0.3 is 12.1 Å². The van der Waals surface area contributed by atoms with Gasteiger partial charge < -0.3 is 14.6 Å². The number of carboxylic acid groups (broad SMARTS) is 1. The second-order valence-electron chi connectivity index (χ2n) is 3.12. The number of rotatable bonds is 1. The number of aromatic hydroxyl groups is 1. The summed E-state index contributed by atoms with van der Waals surface area (Å²) in [5, 5.41) is 17.2. The van der Waals surface area contributed by atoms with Crippen molar-refractivity contribution in [3.63, 3.8) is 0 Å². The fourth-order valence-corrected chi connectivity index (χ4v) is 1.39. The first kappa shape index (κ1) is 11.2. The van der Waals surface area contributed by atoms with E-state index in [2.05, 4.69) is 9.40 Å². The number of halogens is 3. The van der Waals surface area contributed by atoms with Gasteiger partial charge in [0, 0.05) is 6.20 Å². The molecule has 2 aromatic heterocycles. The lowest BCUT2D eigenvalue weighted by molar-refractivity contribution is -0.136. The maximum absolute atomic E-state index is 12.6. The SMILES string of the molecule is O=C(O)c1oc2nccc(C(F)(F)F)c2c1O. The van der Waals surface area contributed by atoms with E-state index in [0.29, 0.717) is 6.07 Å². The number of furan rings is 1. The molecule has 5 nitrogen and oxygen atoms in total. The smallest absolute Gasteiger partial charge is 0.417 e. The molecule has 0 fully saturated rings. The first-order chi connectivity index (χ1) is 7.82. The molecule has 0 bridgehead atoms. The molecule has 2 heterocycles. The quantitative estimate of drug-likeness (QED) is 0.807. The van der Waals surface area contributed by atoms with Gasteiger partial charge in [0.15, 0.2) is 5.75 Å². The Kier molecular flexibility index (Phi) is 2.23. The highest BCUT2D eigenvalue weighted by Gasteiger charge is 2.36. The molecule has 2 N–H and O–H groups in total. The standard InChI is InChI=1S/C9H4F3NO4/c10-9(11,12)3-1-2-13-7-4(3)5(14)6(17-7)8(15)16/h1-2,14H,(H,15,16). The molecule has 0 spiro atoms. The van der Waals surface area contributed by atoms with Crippen LogP contribution >= 0.6 is 0 Å². The summed E-state index contributed by atoms with van der Waals surface area (Å²) >= 11 is 0. The molecule has 90 valence electrons. The normalized spacial score (nSPS) is 11.9. The van der Waals surface area contributed by atoms with Crippen LogP contribution in [-0.2, 0) is 6.18 Å². The molecule has 0 aliphatic carbocycles. The molecule has 0 atom stereocenters. The van der Waals surface area contributed by atoms with Crippen LogP contribution in [0.15, 0.2) is 16.7 Å². The van der Waals surface area contributed by atoms with Crippen LogP contribution in [0.4, 0.5) is 13.2 Å². The third-order valence-electron chi connectivity index (χ3n) is 2.07. The minimum Gasteiger partial charge on any atom is -0.503 e. The van der Waals surface area contributed by atoms with Crippen molar-refractivity contribution in [3.05, 3.63) is 23.6 Å². The van der Waals surface area contributed by atoms with E-state index in [1.807, 2.05) is 0 Å². The molecule has 0 amide bonds. The van der Waals surface area contributed by atoms with Crippen LogP contribution in [0.3, 0.4) is 0 Å². The number of carbonyl (C=O) groups is 1. The third-order valence-corrected chi connectivity index (χ3v) is 2.07. The summed E-state index contributed by atoms with van der Waals surface area (Å²) in [6.07, 6.45) is -3.92. The molecule has 0 unspecified atom stereocenters. The molecule has 2 rings (SSSR count). The summed E-state index contributed by atoms with van der Waals surface area (Å²) < 4.78 is 42.3. The molecule has 0 aromatic carbocycles. The average molecular weight is 247 g/mol. The maximum atomic E-state index is 12.6. The second kappa shape index (κ2) is 3.37. The Morgan fingerprint density at radius 2 is 2.06 bits per heavy atom. The summed E-state index contributed by atoms with van der Waals surface area (Å²) in [6.45, 7) is 0. The van der Waals surface area contributed by atoms with E-state index < -0.39 is 40.3 Å². The predicted octanol–water partition coefficient (Wildman–Crippen LogP) is 2.25. The van der Waals surface area contributed by atoms with E-state index in [1.54, 1.807) is 0 Å². The molecule has 8 heteroatoms. The first-order valence-electron chi connectivity index (χ1n) is 4.23. The molecule has 0 saturated heterocycles. The molecule has 0 aliphatic rings. The van der Waals surface area contributed by atoms with Crippen LogP contribution < -0.4 is 0 Å². The highest BCUT2D eigenvalue weighted by atomic mass is 19.4. The number of aromatic nitrogens is 1. The predicted molar refractivity (Wildman–Crippen MR) is 47.6 cm³/mol. The Balaban J connectivity index is 2.85. The minimum absolute atomic E-state index is 0.574. The Hall–Kier alpha value is -2.25. The summed E-state index contributed by atoms with van der Waals surface area (Å²) in [6, 6.07) is 0.628. The third kappa shape index (κ3) is 1.67. The molecule has 2 aromatic rings. The van der Waals surface area contributed by atoms with Crippen molar-refractivity contribution in [1.29, 1.82) is 0 Å². The van der Waals surface area contributed by atoms with Gasteiger partial charge in [-0.15, -0.1) is 0 Å². The van der Waals surface area contributed by atoms with Crippen molar-refractivity contribution in [2.75, 3.05) is 0 Å². The van der Waals surface area contributed by atoms with E-state index >= 15 is 0 Å². The highest BCUT2D eigenvalue weighted by molar-refractivity contribution is 5.97. The van der Waals surface area contributed by atoms with Gasteiger partial charge in [-0.05, 0) is 6.07 Å². The van der Waals surface area contributed by atoms with Gasteiger partial charge in [-0.3, -0.25) is 0 Å². The van der Waals surface area contributed by atoms with Crippen molar-refractivity contribution in [1.82, 2.24) is 4.98 Å². The maximum Gasteiger partial charge on any atom is 0.417 e. The zero-order valence-corrected chi connectivity index (χ0v) is 7.95. The highest BCUT2D eigenvalue weighted by Crippen LogP contribution is 2.40. The summed E-state index contributed by atoms with van der Waals surface area (Å²) in [5.41, 5.74) is -1.77. The van der Waals surface area contributed by atoms with Gasteiger partial charge in [0.05, 0.1) is 10.9 Å². The minimum atomic E-state index is -4.74. The van der Waals surface area contributed by atoms with Gasteiger partial charge in [0.2, 0.25) is 5.71 Å². The number of hydrogen-bond donors (Lipinski definition) is 2. The fourth-order valence-electron chi connectivity index (χ4n) is 1.39. The van der Waals surface area contributed by atoms with Crippen molar-refractivity contribution in [2.24, 2.45) is 0 Å². The number of aromatic carboxylic acids is 1. The lowest BCUT2D eigenvalue weighted by Gasteiger charge is -2.06. The number of nitrogens with zero attached hydrogens (tertiary/aromatic N) is 1. The van der Waals surface area contributed by atoms with Crippen LogP contribution in [0.5, 0.6) is 5.75 Å². The molecule has 0 aliphatic heterocycles. The van der Waals surface area contributed by atoms with Crippen LogP contribution in [0, 0.1) is 0 Å². The fraction of sp³-hybridized carbons (Fsp3) is 0.111. The van der Waals surface area contributed by atoms with Gasteiger partial charge in [0.1, 0.15) is 0 Å². The van der Waals surface area contributed by atoms with Crippen molar-refractivity contribution >= 4 is 17.1 Å². The first-order valence-corrected chi connectivity index (χ1v) is 4.23. The molecule has 17 heavy (non-hydrogen) atoms. The van der Waals surface area contributed by atoms with Crippen LogP contribution in [0.1, 0.15) is 16.1 Å². The van der Waals surface area contributed by atoms with Crippen LogP contribution in [0.2, 0.25) is 0 Å². The zero-order valence-electron chi connectivity index (χ0n) is 7.95. The summed E-state index contributed by atoms with van der Waals surface area (Å²) in [4.78, 5) is 14.0. The van der Waals surface area contributed by atoms with E-state index in [9.17, 15) is 23.1 Å². The summed E-state index contributed by atoms with van der Waals surface area (Å²) in [7, 11) is 0. The molecular weight excluding hydrogens is 243 g/mol. The zero-order chi connectivity index (χ0) is 12.8. The van der Waals surface area contributed by atoms with Gasteiger partial charge in [-0.1, -0.05) is 0 Å². The van der Waals surface area contributed by atoms with Crippen molar-refractivity contribution < 1.29 is 32.6 Å². The lowest BCUT2D eigenvalue weighted by atomic mass is 10.1. The van der Waals surface area contributed by atoms with E-state index in [0.717, 1.165) is 6.20 Å². The van der Waals surface area contributed by atoms with Crippen LogP contribution in [0.25, 0.3) is 11.1 Å². The number of alkyl halides is 3. The largest absolute Gasteiger partial charge is 0.503 e. The van der Waals surface area contributed by atoms with Crippen LogP contribution in [-0.4, -0.2) is 21.2 Å². The molecule has 0 saturated carbocycles. The molecular formula is C9H4F3NO4. The Bertz CT molecular complexity index is 602. The Morgan fingerprint density at radius 3 is 2.59 bits per heavy atom. The van der Waals surface area contributed by atoms with Crippen molar-refractivity contribution in [3.8, 4) is 5.75 Å². The number of hydrogen-bond acceptors (Lipinski definition) is 4. The van der Waals surface area contributed by atoms with Gasteiger partial charge in [0.25, 0.3) is 5.76 Å². The summed E-state index contributed by atoms with van der Waals surface area (Å²) in [5.74, 6) is -3.72. The number of pyridine rings is 1. The van der Waals surface area contributed by atoms with Gasteiger partial charge in [-0.2, -0.15) is 13.2 Å². The second-order valence-corrected chi connectivity index (χ2v) is 3.12. The lowest BCUT2D eigenvalue weighted by Crippen LogP contribution is -2.05. The van der Waals surface area contributed by atoms with E-state index in [-0.39, 0.29) is 0 Å². The Morgan fingerprint density at radius 1 is 1.41 bits per heavy atom. The average Bonchev–Trinajstić information content (AvgIpc) is 2.55. The molecule has 0 radical (unpaired) electrons.